The molecule has 0 radical (unpaired) electrons. The molecule has 0 saturated carbocycles. The second kappa shape index (κ2) is 14.8. The normalized spacial score (nSPS) is 11.2. The van der Waals surface area contributed by atoms with Crippen LogP contribution in [0.3, 0.4) is 0 Å². The summed E-state index contributed by atoms with van der Waals surface area (Å²) in [6.07, 6.45) is 15.6. The fourth-order valence-corrected chi connectivity index (χ4v) is 3.36. The molecule has 2 heteroatoms. The number of ether oxygens (including phenoxy) is 1. The highest BCUT2D eigenvalue weighted by molar-refractivity contribution is 5.79. The Labute approximate surface area is 178 Å². The SMILES string of the molecule is CCCCCCCCCCCCN=Cc1ccc(OCc2ccc(C)cc2)cc1. The van der Waals surface area contributed by atoms with Gasteiger partial charge >= 0.3 is 0 Å². The minimum absolute atomic E-state index is 0.604. The van der Waals surface area contributed by atoms with Gasteiger partial charge in [0.15, 0.2) is 0 Å². The monoisotopic (exact) mass is 393 g/mol. The minimum Gasteiger partial charge on any atom is -0.489 e. The number of aryl methyl sites for hydroxylation is 1. The minimum atomic E-state index is 0.604. The molecule has 0 fully saturated rings. The molecule has 0 saturated heterocycles. The highest BCUT2D eigenvalue weighted by Crippen LogP contribution is 2.14. The fraction of sp³-hybridized carbons (Fsp3) is 0.519. The topological polar surface area (TPSA) is 21.6 Å². The standard InChI is InChI=1S/C27H39NO/c1-3-4-5-6-7-8-9-10-11-12-21-28-22-25-17-19-27(20-18-25)29-23-26-15-13-24(2)14-16-26/h13-20,22H,3-12,21,23H2,1-2H3. The van der Waals surface area contributed by atoms with Gasteiger partial charge in [-0.05, 0) is 48.7 Å². The molecule has 0 N–H and O–H groups in total. The molecule has 0 aliphatic heterocycles. The predicted molar refractivity (Wildman–Crippen MR) is 126 cm³/mol. The van der Waals surface area contributed by atoms with Gasteiger partial charge in [-0.2, -0.15) is 0 Å². The number of aliphatic imine (C=N–C) groups is 1. The van der Waals surface area contributed by atoms with E-state index in [4.69, 9.17) is 4.74 Å². The Bertz CT molecular complexity index is 673. The molecule has 0 aliphatic rings. The van der Waals surface area contributed by atoms with Crippen LogP contribution in [0.2, 0.25) is 0 Å². The Balaban J connectivity index is 1.52. The predicted octanol–water partition coefficient (Wildman–Crippen LogP) is 7.91. The summed E-state index contributed by atoms with van der Waals surface area (Å²) in [7, 11) is 0. The van der Waals surface area contributed by atoms with Crippen molar-refractivity contribution in [1.29, 1.82) is 0 Å². The van der Waals surface area contributed by atoms with Crippen LogP contribution in [0.1, 0.15) is 87.8 Å². The summed E-state index contributed by atoms with van der Waals surface area (Å²) in [6, 6.07) is 16.7. The average molecular weight is 394 g/mol. The molecule has 2 aromatic carbocycles. The third kappa shape index (κ3) is 10.9. The van der Waals surface area contributed by atoms with Gasteiger partial charge in [-0.15, -0.1) is 0 Å². The zero-order valence-electron chi connectivity index (χ0n) is 18.5. The van der Waals surface area contributed by atoms with E-state index in [1.54, 1.807) is 0 Å². The third-order valence-electron chi connectivity index (χ3n) is 5.29. The van der Waals surface area contributed by atoms with Crippen LogP contribution in [0.15, 0.2) is 53.5 Å². The molecule has 0 heterocycles. The van der Waals surface area contributed by atoms with E-state index >= 15 is 0 Å². The maximum absolute atomic E-state index is 5.86. The number of nitrogens with zero attached hydrogens (tertiary/aromatic N) is 1. The van der Waals surface area contributed by atoms with Crippen molar-refractivity contribution in [3.63, 3.8) is 0 Å². The Morgan fingerprint density at radius 3 is 1.93 bits per heavy atom. The van der Waals surface area contributed by atoms with Crippen molar-refractivity contribution in [2.75, 3.05) is 6.54 Å². The van der Waals surface area contributed by atoms with Crippen molar-refractivity contribution in [2.24, 2.45) is 4.99 Å². The van der Waals surface area contributed by atoms with Gasteiger partial charge in [0.2, 0.25) is 0 Å². The summed E-state index contributed by atoms with van der Waals surface area (Å²) in [5.41, 5.74) is 3.60. The molecule has 0 aliphatic carbocycles. The highest BCUT2D eigenvalue weighted by atomic mass is 16.5. The first kappa shape index (κ1) is 23.2. The van der Waals surface area contributed by atoms with Gasteiger partial charge in [0.1, 0.15) is 12.4 Å². The van der Waals surface area contributed by atoms with Crippen molar-refractivity contribution in [3.8, 4) is 5.75 Å². The lowest BCUT2D eigenvalue weighted by Crippen LogP contribution is -1.95. The van der Waals surface area contributed by atoms with E-state index in [-0.39, 0.29) is 0 Å². The molecule has 0 spiro atoms. The molecule has 2 nitrogen and oxygen atoms in total. The first-order valence-electron chi connectivity index (χ1n) is 11.6. The van der Waals surface area contributed by atoms with Gasteiger partial charge in [0, 0.05) is 12.8 Å². The molecule has 0 atom stereocenters. The summed E-state index contributed by atoms with van der Waals surface area (Å²) < 4.78 is 5.86. The molecule has 158 valence electrons. The molecule has 2 aromatic rings. The van der Waals surface area contributed by atoms with Gasteiger partial charge in [-0.1, -0.05) is 94.5 Å². The summed E-state index contributed by atoms with van der Waals surface area (Å²) >= 11 is 0. The lowest BCUT2D eigenvalue weighted by molar-refractivity contribution is 0.306. The largest absolute Gasteiger partial charge is 0.489 e. The van der Waals surface area contributed by atoms with Crippen LogP contribution in [-0.2, 0) is 6.61 Å². The Hall–Kier alpha value is -2.09. The third-order valence-corrected chi connectivity index (χ3v) is 5.29. The number of unbranched alkanes of at least 4 members (excludes halogenated alkanes) is 9. The number of rotatable bonds is 15. The molecule has 0 bridgehead atoms. The van der Waals surface area contributed by atoms with E-state index < -0.39 is 0 Å². The number of benzene rings is 2. The van der Waals surface area contributed by atoms with Crippen LogP contribution in [0.5, 0.6) is 5.75 Å². The van der Waals surface area contributed by atoms with Crippen molar-refractivity contribution in [2.45, 2.75) is 84.7 Å². The van der Waals surface area contributed by atoms with Crippen molar-refractivity contribution < 1.29 is 4.74 Å². The molecule has 0 unspecified atom stereocenters. The summed E-state index contributed by atoms with van der Waals surface area (Å²) in [4.78, 5) is 4.57. The lowest BCUT2D eigenvalue weighted by atomic mass is 10.1. The Kier molecular flexibility index (Phi) is 11.9. The van der Waals surface area contributed by atoms with Crippen LogP contribution in [0.4, 0.5) is 0 Å². The fourth-order valence-electron chi connectivity index (χ4n) is 3.36. The first-order valence-corrected chi connectivity index (χ1v) is 11.6. The van der Waals surface area contributed by atoms with Gasteiger partial charge in [0.05, 0.1) is 0 Å². The number of hydrogen-bond acceptors (Lipinski definition) is 2. The quantitative estimate of drug-likeness (QED) is 0.222. The highest BCUT2D eigenvalue weighted by Gasteiger charge is 1.97. The van der Waals surface area contributed by atoms with Crippen molar-refractivity contribution in [3.05, 3.63) is 65.2 Å². The second-order valence-electron chi connectivity index (χ2n) is 8.06. The molecule has 2 rings (SSSR count). The Morgan fingerprint density at radius 2 is 1.31 bits per heavy atom. The van der Waals surface area contributed by atoms with E-state index in [2.05, 4.69) is 55.2 Å². The van der Waals surface area contributed by atoms with Gasteiger partial charge in [0.25, 0.3) is 0 Å². The van der Waals surface area contributed by atoms with E-state index in [9.17, 15) is 0 Å². The summed E-state index contributed by atoms with van der Waals surface area (Å²) in [5.74, 6) is 0.900. The Morgan fingerprint density at radius 1 is 0.724 bits per heavy atom. The maximum Gasteiger partial charge on any atom is 0.119 e. The maximum atomic E-state index is 5.86. The molecular weight excluding hydrogens is 354 g/mol. The summed E-state index contributed by atoms with van der Waals surface area (Å²) in [5, 5.41) is 0. The van der Waals surface area contributed by atoms with Crippen LogP contribution in [0.25, 0.3) is 0 Å². The average Bonchev–Trinajstić information content (AvgIpc) is 2.75. The van der Waals surface area contributed by atoms with Crippen LogP contribution >= 0.6 is 0 Å². The van der Waals surface area contributed by atoms with E-state index in [0.717, 1.165) is 17.9 Å². The lowest BCUT2D eigenvalue weighted by Gasteiger charge is -2.06. The van der Waals surface area contributed by atoms with Crippen LogP contribution in [0, 0.1) is 6.92 Å². The second-order valence-corrected chi connectivity index (χ2v) is 8.06. The first-order chi connectivity index (χ1) is 14.3. The van der Waals surface area contributed by atoms with Crippen molar-refractivity contribution in [1.82, 2.24) is 0 Å². The molecule has 0 amide bonds. The number of hydrogen-bond donors (Lipinski definition) is 0. The van der Waals surface area contributed by atoms with Gasteiger partial charge in [-0.3, -0.25) is 4.99 Å². The molecular formula is C27H39NO. The smallest absolute Gasteiger partial charge is 0.119 e. The molecule has 29 heavy (non-hydrogen) atoms. The van der Waals surface area contributed by atoms with E-state index in [1.165, 1.54) is 75.3 Å². The van der Waals surface area contributed by atoms with E-state index in [1.807, 2.05) is 18.3 Å². The zero-order chi connectivity index (χ0) is 20.6. The molecule has 0 aromatic heterocycles. The van der Waals surface area contributed by atoms with Crippen LogP contribution < -0.4 is 4.74 Å². The van der Waals surface area contributed by atoms with Gasteiger partial charge < -0.3 is 4.74 Å². The van der Waals surface area contributed by atoms with Gasteiger partial charge in [-0.25, -0.2) is 0 Å². The zero-order valence-corrected chi connectivity index (χ0v) is 18.5. The summed E-state index contributed by atoms with van der Waals surface area (Å²) in [6.45, 7) is 5.91. The van der Waals surface area contributed by atoms with Crippen LogP contribution in [-0.4, -0.2) is 12.8 Å². The van der Waals surface area contributed by atoms with Crippen molar-refractivity contribution >= 4 is 6.21 Å². The van der Waals surface area contributed by atoms with E-state index in [0.29, 0.717) is 6.61 Å².